The number of aliphatic hydroxyl groups excluding tert-OH is 1. The Balaban J connectivity index is 1.89. The van der Waals surface area contributed by atoms with E-state index in [9.17, 15) is 23.9 Å². The lowest BCUT2D eigenvalue weighted by molar-refractivity contribution is -0.132. The van der Waals surface area contributed by atoms with E-state index in [0.29, 0.717) is 11.3 Å². The molecule has 7 nitrogen and oxygen atoms in total. The van der Waals surface area contributed by atoms with Crippen LogP contribution in [0.15, 0.2) is 60.2 Å². The largest absolute Gasteiger partial charge is 0.507 e. The molecule has 0 aliphatic carbocycles. The third-order valence-electron chi connectivity index (χ3n) is 5.13. The van der Waals surface area contributed by atoms with Gasteiger partial charge in [-0.05, 0) is 43.7 Å². The van der Waals surface area contributed by atoms with E-state index in [1.807, 2.05) is 0 Å². The molecule has 1 saturated heterocycles. The zero-order chi connectivity index (χ0) is 23.7. The maximum atomic E-state index is 13.4. The highest BCUT2D eigenvalue weighted by Crippen LogP contribution is 2.43. The third kappa shape index (κ3) is 4.03. The van der Waals surface area contributed by atoms with E-state index < -0.39 is 35.3 Å². The molecular weight excluding hydrogens is 447 g/mol. The lowest BCUT2D eigenvalue weighted by atomic mass is 9.95. The van der Waals surface area contributed by atoms with Crippen molar-refractivity contribution in [3.05, 3.63) is 87.7 Å². The van der Waals surface area contributed by atoms with Gasteiger partial charge in [-0.25, -0.2) is 14.2 Å². The van der Waals surface area contributed by atoms with E-state index >= 15 is 0 Å². The highest BCUT2D eigenvalue weighted by molar-refractivity contribution is 7.17. The molecule has 33 heavy (non-hydrogen) atoms. The molecule has 0 saturated carbocycles. The summed E-state index contributed by atoms with van der Waals surface area (Å²) in [6.45, 7) is 3.47. The number of hydrogen-bond donors (Lipinski definition) is 1. The number of amides is 1. The zero-order valence-electron chi connectivity index (χ0n) is 17.7. The predicted molar refractivity (Wildman–Crippen MR) is 120 cm³/mol. The topological polar surface area (TPSA) is 96.8 Å². The number of aromatic nitrogens is 1. The maximum absolute atomic E-state index is 13.4. The van der Waals surface area contributed by atoms with Gasteiger partial charge in [0.1, 0.15) is 16.5 Å². The van der Waals surface area contributed by atoms with Crippen molar-refractivity contribution in [1.82, 2.24) is 4.98 Å². The van der Waals surface area contributed by atoms with E-state index in [0.717, 1.165) is 23.5 Å². The fourth-order valence-electron chi connectivity index (χ4n) is 3.62. The van der Waals surface area contributed by atoms with E-state index in [-0.39, 0.29) is 27.8 Å². The van der Waals surface area contributed by atoms with Crippen LogP contribution in [-0.4, -0.2) is 34.4 Å². The zero-order valence-corrected chi connectivity index (χ0v) is 18.6. The number of ether oxygens (including phenoxy) is 1. The van der Waals surface area contributed by atoms with Crippen molar-refractivity contribution in [3.63, 3.8) is 0 Å². The van der Waals surface area contributed by atoms with Crippen molar-refractivity contribution in [1.29, 1.82) is 0 Å². The Morgan fingerprint density at radius 3 is 2.45 bits per heavy atom. The molecule has 0 spiro atoms. The molecule has 2 aromatic carbocycles. The van der Waals surface area contributed by atoms with Crippen molar-refractivity contribution in [2.75, 3.05) is 11.5 Å². The number of anilines is 1. The lowest BCUT2D eigenvalue weighted by Crippen LogP contribution is -2.29. The molecule has 0 bridgehead atoms. The van der Waals surface area contributed by atoms with Gasteiger partial charge < -0.3 is 9.84 Å². The SMILES string of the molecule is CCOC(=O)c1sc(N2C(=O)C(=O)C(=C(O)c3ccc(F)cc3)[C@@H]2c2ccccc2)nc1C. The molecule has 168 valence electrons. The monoisotopic (exact) mass is 466 g/mol. The number of rotatable bonds is 5. The Hall–Kier alpha value is -3.85. The predicted octanol–water partition coefficient (Wildman–Crippen LogP) is 4.39. The van der Waals surface area contributed by atoms with E-state index in [1.54, 1.807) is 44.2 Å². The average Bonchev–Trinajstić information content (AvgIpc) is 3.31. The Morgan fingerprint density at radius 2 is 1.82 bits per heavy atom. The van der Waals surface area contributed by atoms with Crippen LogP contribution in [0.1, 0.15) is 39.5 Å². The second kappa shape index (κ2) is 8.95. The molecular formula is C24H19FN2O5S. The van der Waals surface area contributed by atoms with E-state index in [1.165, 1.54) is 17.0 Å². The number of aliphatic hydroxyl groups is 1. The van der Waals surface area contributed by atoms with Crippen LogP contribution < -0.4 is 4.90 Å². The van der Waals surface area contributed by atoms with Crippen LogP contribution in [0.5, 0.6) is 0 Å². The molecule has 0 radical (unpaired) electrons. The third-order valence-corrected chi connectivity index (χ3v) is 6.27. The van der Waals surface area contributed by atoms with Gasteiger partial charge in [-0.3, -0.25) is 14.5 Å². The first-order valence-corrected chi connectivity index (χ1v) is 10.9. The summed E-state index contributed by atoms with van der Waals surface area (Å²) in [6, 6.07) is 12.7. The van der Waals surface area contributed by atoms with Gasteiger partial charge in [0.25, 0.3) is 5.78 Å². The smallest absolute Gasteiger partial charge is 0.350 e. The molecule has 4 rings (SSSR count). The van der Waals surface area contributed by atoms with Crippen LogP contribution in [0.2, 0.25) is 0 Å². The van der Waals surface area contributed by atoms with Crippen molar-refractivity contribution < 1.29 is 28.6 Å². The first-order valence-electron chi connectivity index (χ1n) is 10.1. The number of ketones is 1. The number of halogens is 1. The fraction of sp³-hybridized carbons (Fsp3) is 0.167. The van der Waals surface area contributed by atoms with Crippen molar-refractivity contribution in [2.24, 2.45) is 0 Å². The molecule has 2 heterocycles. The highest BCUT2D eigenvalue weighted by Gasteiger charge is 2.48. The number of thiazole rings is 1. The van der Waals surface area contributed by atoms with Crippen molar-refractivity contribution in [3.8, 4) is 0 Å². The number of esters is 1. The number of hydrogen-bond acceptors (Lipinski definition) is 7. The van der Waals surface area contributed by atoms with E-state index in [2.05, 4.69) is 4.98 Å². The summed E-state index contributed by atoms with van der Waals surface area (Å²) >= 11 is 0.934. The molecule has 1 atom stereocenters. The van der Waals surface area contributed by atoms with Gasteiger partial charge in [0, 0.05) is 5.56 Å². The Bertz CT molecular complexity index is 1270. The summed E-state index contributed by atoms with van der Waals surface area (Å²) in [5.41, 5.74) is 0.966. The first kappa shape index (κ1) is 22.3. The Morgan fingerprint density at radius 1 is 1.15 bits per heavy atom. The van der Waals surface area contributed by atoms with Gasteiger partial charge in [0.15, 0.2) is 5.13 Å². The summed E-state index contributed by atoms with van der Waals surface area (Å²) in [4.78, 5) is 44.2. The van der Waals surface area contributed by atoms with Gasteiger partial charge in [-0.1, -0.05) is 41.7 Å². The molecule has 1 aliphatic heterocycles. The van der Waals surface area contributed by atoms with Crippen LogP contribution in [0.25, 0.3) is 5.76 Å². The van der Waals surface area contributed by atoms with Gasteiger partial charge in [-0.15, -0.1) is 0 Å². The lowest BCUT2D eigenvalue weighted by Gasteiger charge is -2.22. The first-order chi connectivity index (χ1) is 15.8. The number of carbonyl (C=O) groups excluding carboxylic acids is 3. The summed E-state index contributed by atoms with van der Waals surface area (Å²) in [7, 11) is 0. The minimum atomic E-state index is -0.989. The number of carbonyl (C=O) groups is 3. The average molecular weight is 466 g/mol. The standard InChI is InChI=1S/C24H19FN2O5S/c1-3-32-23(31)21-13(2)26-24(33-21)27-18(14-7-5-4-6-8-14)17(20(29)22(27)30)19(28)15-9-11-16(25)12-10-15/h4-12,18,28H,3H2,1-2H3/t18-/m0/s1. The fourth-order valence-corrected chi connectivity index (χ4v) is 4.60. The number of benzene rings is 2. The number of Topliss-reactive ketones (excluding diaryl/α,β-unsaturated/α-hetero) is 1. The minimum Gasteiger partial charge on any atom is -0.507 e. The summed E-state index contributed by atoms with van der Waals surface area (Å²) in [5, 5.41) is 11.1. The summed E-state index contributed by atoms with van der Waals surface area (Å²) in [5.74, 6) is -3.30. The molecule has 1 N–H and O–H groups in total. The van der Waals surface area contributed by atoms with Crippen LogP contribution in [-0.2, 0) is 14.3 Å². The Labute approximate surface area is 192 Å². The molecule has 1 aliphatic rings. The van der Waals surface area contributed by atoms with Crippen molar-refractivity contribution >= 4 is 39.9 Å². The van der Waals surface area contributed by atoms with Gasteiger partial charge in [-0.2, -0.15) is 0 Å². The highest BCUT2D eigenvalue weighted by atomic mass is 32.1. The maximum Gasteiger partial charge on any atom is 0.350 e. The van der Waals surface area contributed by atoms with Crippen LogP contribution >= 0.6 is 11.3 Å². The number of nitrogens with zero attached hydrogens (tertiary/aromatic N) is 2. The van der Waals surface area contributed by atoms with Crippen LogP contribution in [0.4, 0.5) is 9.52 Å². The summed E-state index contributed by atoms with van der Waals surface area (Å²) in [6.07, 6.45) is 0. The normalized spacial score (nSPS) is 17.4. The van der Waals surface area contributed by atoms with Gasteiger partial charge in [0.2, 0.25) is 0 Å². The molecule has 1 amide bonds. The van der Waals surface area contributed by atoms with Crippen molar-refractivity contribution in [2.45, 2.75) is 19.9 Å². The van der Waals surface area contributed by atoms with Gasteiger partial charge >= 0.3 is 11.9 Å². The minimum absolute atomic E-state index is 0.129. The van der Waals surface area contributed by atoms with Crippen LogP contribution in [0, 0.1) is 12.7 Å². The second-order valence-corrected chi connectivity index (χ2v) is 8.20. The quantitative estimate of drug-likeness (QED) is 0.259. The van der Waals surface area contributed by atoms with Crippen LogP contribution in [0.3, 0.4) is 0 Å². The molecule has 3 aromatic rings. The molecule has 0 unspecified atom stereocenters. The van der Waals surface area contributed by atoms with E-state index in [4.69, 9.17) is 4.74 Å². The number of aryl methyl sites for hydroxylation is 1. The molecule has 9 heteroatoms. The molecule has 1 fully saturated rings. The van der Waals surface area contributed by atoms with Gasteiger partial charge in [0.05, 0.1) is 23.9 Å². The Kier molecular flexibility index (Phi) is 6.06. The molecule has 1 aromatic heterocycles. The second-order valence-electron chi connectivity index (χ2n) is 7.22. The summed E-state index contributed by atoms with van der Waals surface area (Å²) < 4.78 is 18.4.